The van der Waals surface area contributed by atoms with Gasteiger partial charge in [-0.15, -0.1) is 0 Å². The number of allylic oxidation sites excluding steroid dienone is 28. The first-order valence-corrected chi connectivity index (χ1v) is 43.4. The summed E-state index contributed by atoms with van der Waals surface area (Å²) in [5.74, 6) is -2.33. The quantitative estimate of drug-likeness (QED) is 0.0169. The lowest BCUT2D eigenvalue weighted by atomic mass is 10.0. The maximum Gasteiger partial charge on any atom is 0.472 e. The Morgan fingerprint density at radius 2 is 0.500 bits per heavy atom. The molecule has 0 aliphatic heterocycles. The molecular formula is C87H142O17P2. The van der Waals surface area contributed by atoms with E-state index in [0.29, 0.717) is 38.5 Å². The van der Waals surface area contributed by atoms with Crippen LogP contribution in [0.4, 0.5) is 0 Å². The van der Waals surface area contributed by atoms with E-state index < -0.39 is 97.5 Å². The Morgan fingerprint density at radius 1 is 0.274 bits per heavy atom. The molecule has 602 valence electrons. The van der Waals surface area contributed by atoms with Gasteiger partial charge in [0.05, 0.1) is 26.4 Å². The number of phosphoric acid groups is 2. The first-order chi connectivity index (χ1) is 51.7. The molecule has 0 amide bonds. The van der Waals surface area contributed by atoms with Crippen molar-refractivity contribution in [3.63, 3.8) is 0 Å². The largest absolute Gasteiger partial charge is 0.472 e. The molecule has 0 radical (unpaired) electrons. The van der Waals surface area contributed by atoms with Crippen molar-refractivity contribution in [2.24, 2.45) is 0 Å². The van der Waals surface area contributed by atoms with Crippen molar-refractivity contribution in [1.82, 2.24) is 0 Å². The average molecular weight is 1520 g/mol. The van der Waals surface area contributed by atoms with Crippen molar-refractivity contribution in [2.75, 3.05) is 39.6 Å². The molecule has 17 nitrogen and oxygen atoms in total. The zero-order valence-corrected chi connectivity index (χ0v) is 67.6. The lowest BCUT2D eigenvalue weighted by Gasteiger charge is -2.21. The summed E-state index contributed by atoms with van der Waals surface area (Å²) >= 11 is 0. The predicted octanol–water partition coefficient (Wildman–Crippen LogP) is 23.8. The highest BCUT2D eigenvalue weighted by molar-refractivity contribution is 7.47. The maximum atomic E-state index is 13.1. The molecule has 0 saturated heterocycles. The molecule has 0 aromatic rings. The second-order valence-electron chi connectivity index (χ2n) is 26.2. The van der Waals surface area contributed by atoms with Gasteiger partial charge in [0.15, 0.2) is 12.2 Å². The van der Waals surface area contributed by atoms with E-state index in [1.165, 1.54) is 64.2 Å². The Kier molecular flexibility index (Phi) is 73.5. The van der Waals surface area contributed by atoms with Gasteiger partial charge in [-0.05, 0) is 148 Å². The molecule has 0 aliphatic carbocycles. The van der Waals surface area contributed by atoms with Crippen LogP contribution in [0.3, 0.4) is 0 Å². The smallest absolute Gasteiger partial charge is 0.462 e. The van der Waals surface area contributed by atoms with Gasteiger partial charge in [-0.3, -0.25) is 37.3 Å². The van der Waals surface area contributed by atoms with Crippen molar-refractivity contribution in [3.05, 3.63) is 170 Å². The predicted molar refractivity (Wildman–Crippen MR) is 436 cm³/mol. The third-order valence-electron chi connectivity index (χ3n) is 16.2. The number of hydrogen-bond acceptors (Lipinski definition) is 15. The van der Waals surface area contributed by atoms with E-state index in [-0.39, 0.29) is 25.7 Å². The van der Waals surface area contributed by atoms with E-state index >= 15 is 0 Å². The van der Waals surface area contributed by atoms with Crippen LogP contribution in [0.5, 0.6) is 0 Å². The zero-order valence-electron chi connectivity index (χ0n) is 65.8. The molecule has 0 bridgehead atoms. The second kappa shape index (κ2) is 77.6. The summed E-state index contributed by atoms with van der Waals surface area (Å²) < 4.78 is 68.5. The minimum absolute atomic E-state index is 0.0279. The fourth-order valence-electron chi connectivity index (χ4n) is 10.2. The van der Waals surface area contributed by atoms with Crippen LogP contribution >= 0.6 is 15.6 Å². The SMILES string of the molecule is CC/C=C\C/C=C\C/C=C\C/C=C\C/C=C\CCCCCC(=O)OCC(COP(=O)(O)OCC(O)COP(=O)(O)OCC(COC(=O)CCC/C=C\C/C=C\C/C=C\C/C=C\C/C=C\CC)OC(=O)CCCCCCCCCCCCCCCCC)OC(=O)CCCC/C=C\C/C=C\C/C=C\C/C=C\CC. The van der Waals surface area contributed by atoms with Crippen LogP contribution in [-0.4, -0.2) is 96.7 Å². The normalized spacial score (nSPS) is 14.7. The summed E-state index contributed by atoms with van der Waals surface area (Å²) in [5.41, 5.74) is 0. The number of hydrogen-bond donors (Lipinski definition) is 3. The van der Waals surface area contributed by atoms with Crippen LogP contribution in [0.15, 0.2) is 170 Å². The van der Waals surface area contributed by atoms with Gasteiger partial charge in [-0.1, -0.05) is 294 Å². The third-order valence-corrected chi connectivity index (χ3v) is 18.1. The van der Waals surface area contributed by atoms with E-state index in [2.05, 4.69) is 186 Å². The van der Waals surface area contributed by atoms with Crippen LogP contribution < -0.4 is 0 Å². The van der Waals surface area contributed by atoms with Crippen LogP contribution in [0.2, 0.25) is 0 Å². The number of carbonyl (C=O) groups is 4. The number of aliphatic hydroxyl groups is 1. The molecule has 0 heterocycles. The Bertz CT molecular complexity index is 2680. The molecule has 19 heteroatoms. The zero-order chi connectivity index (χ0) is 77.4. The Balaban J connectivity index is 5.48. The van der Waals surface area contributed by atoms with Gasteiger partial charge in [-0.2, -0.15) is 0 Å². The molecule has 0 aliphatic rings. The summed E-state index contributed by atoms with van der Waals surface area (Å²) in [5, 5.41) is 10.6. The van der Waals surface area contributed by atoms with Crippen LogP contribution in [0, 0.1) is 0 Å². The van der Waals surface area contributed by atoms with Gasteiger partial charge in [0.25, 0.3) is 0 Å². The van der Waals surface area contributed by atoms with Gasteiger partial charge in [-0.25, -0.2) is 9.13 Å². The second-order valence-corrected chi connectivity index (χ2v) is 29.1. The van der Waals surface area contributed by atoms with Gasteiger partial charge in [0.2, 0.25) is 0 Å². The van der Waals surface area contributed by atoms with E-state index in [1.807, 2.05) is 12.2 Å². The van der Waals surface area contributed by atoms with Crippen LogP contribution in [0.25, 0.3) is 0 Å². The summed E-state index contributed by atoms with van der Waals surface area (Å²) in [4.78, 5) is 73.1. The molecule has 0 aromatic carbocycles. The molecular weight excluding hydrogens is 1380 g/mol. The molecule has 0 saturated carbocycles. The van der Waals surface area contributed by atoms with E-state index in [9.17, 15) is 43.2 Å². The average Bonchev–Trinajstić information content (AvgIpc) is 0.909. The van der Waals surface area contributed by atoms with E-state index in [4.69, 9.17) is 37.0 Å². The van der Waals surface area contributed by atoms with Gasteiger partial charge < -0.3 is 33.8 Å². The lowest BCUT2D eigenvalue weighted by molar-refractivity contribution is -0.161. The van der Waals surface area contributed by atoms with E-state index in [0.717, 1.165) is 141 Å². The summed E-state index contributed by atoms with van der Waals surface area (Å²) in [6, 6.07) is 0. The molecule has 0 rings (SSSR count). The maximum absolute atomic E-state index is 13.1. The minimum atomic E-state index is -5.01. The highest BCUT2D eigenvalue weighted by Crippen LogP contribution is 2.45. The number of unbranched alkanes of at least 4 members (excludes halogenated alkanes) is 20. The number of esters is 4. The molecule has 0 fully saturated rings. The van der Waals surface area contributed by atoms with Gasteiger partial charge >= 0.3 is 39.5 Å². The van der Waals surface area contributed by atoms with Crippen LogP contribution in [0.1, 0.15) is 297 Å². The number of phosphoric ester groups is 2. The Labute approximate surface area is 642 Å². The van der Waals surface area contributed by atoms with E-state index in [1.54, 1.807) is 0 Å². The standard InChI is InChI=1S/C87H142O17P2/c1-5-9-13-17-21-25-29-33-37-39-40-42-46-48-52-56-60-64-68-72-85(90)98-78-83(104-87(92)74-70-66-62-58-54-50-44-36-32-28-24-20-16-12-8-4)80-102-106(95,96)100-76-81(88)75-99-105(93,94)101-79-82(103-86(91)73-69-65-61-57-53-49-43-35-31-27-23-19-15-11-7-3)77-97-84(89)71-67-63-59-55-51-47-45-41-38-34-30-26-22-18-14-10-6-2/h9-10,12-14,16,21-22,24-26,28,33-34,36-38,40,42,44-45,47-48,52,54-55,58-59,81-83,88H,5-8,11,15,17-20,23,27,29-32,35,39,41,43,46,49-51,53,56-57,60-80H2,1-4H3,(H,93,94)(H,95,96)/b13-9-,14-10-,16-12-,25-21-,26-22-,28-24-,37-33-,38-34-,42-40-,44-36-,47-45-,52-48-,58-54-,59-55-. The number of ether oxygens (including phenoxy) is 4. The first kappa shape index (κ1) is 100. The highest BCUT2D eigenvalue weighted by Gasteiger charge is 2.30. The molecule has 0 aromatic heterocycles. The molecule has 5 atom stereocenters. The van der Waals surface area contributed by atoms with Gasteiger partial charge in [0.1, 0.15) is 19.3 Å². The fraction of sp³-hybridized carbons (Fsp3) is 0.632. The molecule has 0 spiro atoms. The van der Waals surface area contributed by atoms with Crippen molar-refractivity contribution in [1.29, 1.82) is 0 Å². The number of aliphatic hydroxyl groups excluding tert-OH is 1. The summed E-state index contributed by atoms with van der Waals surface area (Å²) in [7, 11) is -10.0. The van der Waals surface area contributed by atoms with Crippen molar-refractivity contribution in [2.45, 2.75) is 316 Å². The van der Waals surface area contributed by atoms with Crippen molar-refractivity contribution in [3.8, 4) is 0 Å². The monoisotopic (exact) mass is 1520 g/mol. The Morgan fingerprint density at radius 3 is 0.811 bits per heavy atom. The Hall–Kier alpha value is -5.58. The van der Waals surface area contributed by atoms with Crippen molar-refractivity contribution >= 4 is 39.5 Å². The van der Waals surface area contributed by atoms with Crippen molar-refractivity contribution < 1.29 is 80.2 Å². The number of rotatable bonds is 74. The van der Waals surface area contributed by atoms with Gasteiger partial charge in [0, 0.05) is 25.7 Å². The van der Waals surface area contributed by atoms with Crippen LogP contribution in [-0.2, 0) is 65.4 Å². The minimum Gasteiger partial charge on any atom is -0.462 e. The summed E-state index contributed by atoms with van der Waals surface area (Å²) in [6.45, 7) is 4.38. The topological polar surface area (TPSA) is 237 Å². The first-order valence-electron chi connectivity index (χ1n) is 40.4. The summed E-state index contributed by atoms with van der Waals surface area (Å²) in [6.07, 6.45) is 92.0. The highest BCUT2D eigenvalue weighted by atomic mass is 31.2. The number of carbonyl (C=O) groups excluding carboxylic acids is 4. The molecule has 5 unspecified atom stereocenters. The lowest BCUT2D eigenvalue weighted by Crippen LogP contribution is -2.30. The fourth-order valence-corrected chi connectivity index (χ4v) is 11.7. The molecule has 106 heavy (non-hydrogen) atoms. The molecule has 3 N–H and O–H groups in total. The third kappa shape index (κ3) is 76.6.